The lowest BCUT2D eigenvalue weighted by Gasteiger charge is -2.08. The van der Waals surface area contributed by atoms with Crippen molar-refractivity contribution in [2.75, 3.05) is 12.4 Å². The van der Waals surface area contributed by atoms with Gasteiger partial charge in [-0.05, 0) is 22.9 Å². The summed E-state index contributed by atoms with van der Waals surface area (Å²) in [6.45, 7) is 0. The Labute approximate surface area is 102 Å². The zero-order valence-electron chi connectivity index (χ0n) is 8.87. The van der Waals surface area contributed by atoms with Crippen molar-refractivity contribution in [3.05, 3.63) is 42.0 Å². The van der Waals surface area contributed by atoms with E-state index in [1.54, 1.807) is 7.11 Å². The zero-order chi connectivity index (χ0) is 11.5. The largest absolute Gasteiger partial charge is 0.496 e. The van der Waals surface area contributed by atoms with Crippen LogP contribution in [0.4, 0.5) is 0 Å². The van der Waals surface area contributed by atoms with Crippen LogP contribution in [0.15, 0.2) is 36.4 Å². The Hall–Kier alpha value is -1.35. The van der Waals surface area contributed by atoms with E-state index in [4.69, 9.17) is 4.74 Å². The number of fused-ring (bicyclic) bond motifs is 1. The van der Waals surface area contributed by atoms with Gasteiger partial charge < -0.3 is 4.74 Å². The van der Waals surface area contributed by atoms with Gasteiger partial charge in [-0.2, -0.15) is 0 Å². The first-order valence-corrected chi connectivity index (χ1v) is 6.04. The quantitative estimate of drug-likeness (QED) is 0.635. The Morgan fingerprint density at radius 3 is 2.44 bits per heavy atom. The van der Waals surface area contributed by atoms with Gasteiger partial charge in [-0.3, -0.25) is 4.79 Å². The molecule has 0 aliphatic heterocycles. The molecule has 0 aromatic heterocycles. The first kappa shape index (κ1) is 11.1. The Morgan fingerprint density at radius 1 is 1.25 bits per heavy atom. The summed E-state index contributed by atoms with van der Waals surface area (Å²) < 4.78 is 5.23. The van der Waals surface area contributed by atoms with Crippen molar-refractivity contribution >= 4 is 32.5 Å². The number of alkyl halides is 1. The lowest BCUT2D eigenvalue weighted by Crippen LogP contribution is -2.03. The van der Waals surface area contributed by atoms with E-state index in [1.807, 2.05) is 36.4 Å². The standard InChI is InChI=1S/C13H11BrO2/c1-16-13-7-10-5-3-2-4-9(10)6-11(13)12(15)8-14/h2-7H,8H2,1H3. The number of hydrogen-bond acceptors (Lipinski definition) is 2. The summed E-state index contributed by atoms with van der Waals surface area (Å²) >= 11 is 3.17. The molecule has 2 aromatic carbocycles. The predicted octanol–water partition coefficient (Wildman–Crippen LogP) is 3.43. The van der Waals surface area contributed by atoms with Crippen LogP contribution in [-0.2, 0) is 0 Å². The first-order chi connectivity index (χ1) is 7.76. The van der Waals surface area contributed by atoms with Gasteiger partial charge in [-0.1, -0.05) is 40.2 Å². The topological polar surface area (TPSA) is 26.3 Å². The summed E-state index contributed by atoms with van der Waals surface area (Å²) in [6, 6.07) is 11.7. The molecule has 0 spiro atoms. The predicted molar refractivity (Wildman–Crippen MR) is 68.6 cm³/mol. The summed E-state index contributed by atoms with van der Waals surface area (Å²) in [5.74, 6) is 0.658. The number of halogens is 1. The fourth-order valence-corrected chi connectivity index (χ4v) is 1.98. The fourth-order valence-electron chi connectivity index (χ4n) is 1.68. The minimum atomic E-state index is 0.0302. The molecule has 0 fully saturated rings. The van der Waals surface area contributed by atoms with Crippen LogP contribution in [0.3, 0.4) is 0 Å². The highest BCUT2D eigenvalue weighted by Gasteiger charge is 2.11. The van der Waals surface area contributed by atoms with Crippen molar-refractivity contribution in [3.8, 4) is 5.75 Å². The van der Waals surface area contributed by atoms with Gasteiger partial charge in [0.25, 0.3) is 0 Å². The van der Waals surface area contributed by atoms with Crippen molar-refractivity contribution in [2.45, 2.75) is 0 Å². The van der Waals surface area contributed by atoms with E-state index in [2.05, 4.69) is 15.9 Å². The van der Waals surface area contributed by atoms with Gasteiger partial charge >= 0.3 is 0 Å². The molecule has 0 radical (unpaired) electrons. The van der Waals surface area contributed by atoms with E-state index in [0.29, 0.717) is 16.6 Å². The SMILES string of the molecule is COc1cc2ccccc2cc1C(=O)CBr. The van der Waals surface area contributed by atoms with Crippen LogP contribution in [0.1, 0.15) is 10.4 Å². The molecule has 0 atom stereocenters. The molecule has 0 aliphatic rings. The maximum absolute atomic E-state index is 11.7. The molecule has 0 aliphatic carbocycles. The number of ketones is 1. The second kappa shape index (κ2) is 4.66. The molecule has 0 unspecified atom stereocenters. The van der Waals surface area contributed by atoms with Crippen molar-refractivity contribution in [2.24, 2.45) is 0 Å². The number of benzene rings is 2. The number of ether oxygens (including phenoxy) is 1. The Kier molecular flexibility index (Phi) is 3.25. The van der Waals surface area contributed by atoms with Gasteiger partial charge in [-0.25, -0.2) is 0 Å². The minimum absolute atomic E-state index is 0.0302. The smallest absolute Gasteiger partial charge is 0.177 e. The molecule has 2 nitrogen and oxygen atoms in total. The number of carbonyl (C=O) groups excluding carboxylic acids is 1. The Balaban J connectivity index is 2.67. The third kappa shape index (κ3) is 1.95. The first-order valence-electron chi connectivity index (χ1n) is 4.92. The average Bonchev–Trinajstić information content (AvgIpc) is 2.36. The molecule has 0 saturated heterocycles. The molecular weight excluding hydrogens is 268 g/mol. The number of methoxy groups -OCH3 is 1. The van der Waals surface area contributed by atoms with E-state index >= 15 is 0 Å². The summed E-state index contributed by atoms with van der Waals surface area (Å²) in [6.07, 6.45) is 0. The number of rotatable bonds is 3. The summed E-state index contributed by atoms with van der Waals surface area (Å²) in [5, 5.41) is 2.43. The molecule has 0 saturated carbocycles. The van der Waals surface area contributed by atoms with Gasteiger partial charge in [0.1, 0.15) is 5.75 Å². The minimum Gasteiger partial charge on any atom is -0.496 e. The molecule has 0 bridgehead atoms. The Morgan fingerprint density at radius 2 is 1.88 bits per heavy atom. The third-order valence-corrected chi connectivity index (χ3v) is 3.00. The van der Waals surface area contributed by atoms with Gasteiger partial charge in [0.15, 0.2) is 5.78 Å². The van der Waals surface area contributed by atoms with Crippen LogP contribution in [0, 0.1) is 0 Å². The fraction of sp³-hybridized carbons (Fsp3) is 0.154. The molecule has 0 heterocycles. The van der Waals surface area contributed by atoms with Crippen molar-refractivity contribution < 1.29 is 9.53 Å². The zero-order valence-corrected chi connectivity index (χ0v) is 10.5. The summed E-state index contributed by atoms with van der Waals surface area (Å²) in [4.78, 5) is 11.7. The van der Waals surface area contributed by atoms with Crippen LogP contribution in [-0.4, -0.2) is 18.2 Å². The van der Waals surface area contributed by atoms with Crippen LogP contribution >= 0.6 is 15.9 Å². The van der Waals surface area contributed by atoms with Crippen LogP contribution in [0.5, 0.6) is 5.75 Å². The molecule has 0 amide bonds. The van der Waals surface area contributed by atoms with Crippen LogP contribution in [0.25, 0.3) is 10.8 Å². The van der Waals surface area contributed by atoms with E-state index in [9.17, 15) is 4.79 Å². The molecular formula is C13H11BrO2. The lowest BCUT2D eigenvalue weighted by molar-refractivity contribution is 0.102. The molecule has 0 N–H and O–H groups in total. The summed E-state index contributed by atoms with van der Waals surface area (Å²) in [5.41, 5.74) is 0.623. The van der Waals surface area contributed by atoms with Gasteiger partial charge in [0, 0.05) is 0 Å². The summed E-state index contributed by atoms with van der Waals surface area (Å²) in [7, 11) is 1.58. The molecule has 82 valence electrons. The van der Waals surface area contributed by atoms with E-state index in [1.165, 1.54) is 0 Å². The second-order valence-electron chi connectivity index (χ2n) is 3.46. The van der Waals surface area contributed by atoms with Crippen molar-refractivity contribution in [3.63, 3.8) is 0 Å². The van der Waals surface area contributed by atoms with Crippen LogP contribution in [0.2, 0.25) is 0 Å². The van der Waals surface area contributed by atoms with Crippen molar-refractivity contribution in [1.82, 2.24) is 0 Å². The maximum atomic E-state index is 11.7. The van der Waals surface area contributed by atoms with Crippen LogP contribution < -0.4 is 4.74 Å². The molecule has 2 aromatic rings. The molecule has 3 heteroatoms. The number of carbonyl (C=O) groups is 1. The van der Waals surface area contributed by atoms with E-state index in [0.717, 1.165) is 10.8 Å². The highest BCUT2D eigenvalue weighted by molar-refractivity contribution is 9.09. The third-order valence-electron chi connectivity index (χ3n) is 2.49. The highest BCUT2D eigenvalue weighted by Crippen LogP contribution is 2.26. The molecule has 2 rings (SSSR count). The van der Waals surface area contributed by atoms with E-state index < -0.39 is 0 Å². The monoisotopic (exact) mass is 278 g/mol. The second-order valence-corrected chi connectivity index (χ2v) is 4.02. The normalized spacial score (nSPS) is 10.4. The van der Waals surface area contributed by atoms with E-state index in [-0.39, 0.29) is 5.78 Å². The number of hydrogen-bond donors (Lipinski definition) is 0. The van der Waals surface area contributed by atoms with Gasteiger partial charge in [-0.15, -0.1) is 0 Å². The highest BCUT2D eigenvalue weighted by atomic mass is 79.9. The van der Waals surface area contributed by atoms with Gasteiger partial charge in [0.2, 0.25) is 0 Å². The van der Waals surface area contributed by atoms with Crippen molar-refractivity contribution in [1.29, 1.82) is 0 Å². The Bertz CT molecular complexity index is 534. The average molecular weight is 279 g/mol. The number of Topliss-reactive ketones (excluding diaryl/α,β-unsaturated/α-hetero) is 1. The van der Waals surface area contributed by atoms with Gasteiger partial charge in [0.05, 0.1) is 18.0 Å². The maximum Gasteiger partial charge on any atom is 0.177 e. The lowest BCUT2D eigenvalue weighted by atomic mass is 10.0. The molecule has 16 heavy (non-hydrogen) atoms.